The molecule has 27 heavy (non-hydrogen) atoms. The van der Waals surface area contributed by atoms with Crippen LogP contribution in [-0.2, 0) is 4.79 Å². The van der Waals surface area contributed by atoms with Gasteiger partial charge in [0.25, 0.3) is 5.91 Å². The summed E-state index contributed by atoms with van der Waals surface area (Å²) < 4.78 is 46.6. The number of carbonyl (C=O) groups excluding carboxylic acids is 1. The number of hydrogen-bond acceptors (Lipinski definition) is 4. The summed E-state index contributed by atoms with van der Waals surface area (Å²) in [7, 11) is 0. The minimum absolute atomic E-state index is 0.0479. The largest absolute Gasteiger partial charge is 0.573 e. The van der Waals surface area contributed by atoms with E-state index in [4.69, 9.17) is 4.74 Å². The van der Waals surface area contributed by atoms with Crippen molar-refractivity contribution in [2.24, 2.45) is 0 Å². The standard InChI is InChI=1S/C19H15F3N2O3/c1-2-26-16-9-7-15(8-10-16)24-18(25)14(12-23)11-13-5-3-4-6-17(13)27-19(20,21)22/h3-11H,2H2,1H3,(H,24,25)/b14-11+. The lowest BCUT2D eigenvalue weighted by atomic mass is 10.1. The van der Waals surface area contributed by atoms with Gasteiger partial charge in [-0.2, -0.15) is 5.26 Å². The van der Waals surface area contributed by atoms with E-state index >= 15 is 0 Å². The third kappa shape index (κ3) is 6.08. The van der Waals surface area contributed by atoms with Gasteiger partial charge in [0.1, 0.15) is 23.1 Å². The van der Waals surface area contributed by atoms with Crippen LogP contribution in [0.25, 0.3) is 6.08 Å². The summed E-state index contributed by atoms with van der Waals surface area (Å²) in [5.41, 5.74) is -0.0141. The Morgan fingerprint density at radius 1 is 1.19 bits per heavy atom. The number of rotatable bonds is 6. The fourth-order valence-electron chi connectivity index (χ4n) is 2.12. The molecule has 0 fully saturated rings. The lowest BCUT2D eigenvalue weighted by Crippen LogP contribution is -2.18. The van der Waals surface area contributed by atoms with Crippen LogP contribution in [0.3, 0.4) is 0 Å². The summed E-state index contributed by atoms with van der Waals surface area (Å²) in [6.45, 7) is 2.33. The van der Waals surface area contributed by atoms with E-state index in [1.54, 1.807) is 30.3 Å². The molecule has 2 rings (SSSR count). The van der Waals surface area contributed by atoms with Gasteiger partial charge in [0.2, 0.25) is 0 Å². The lowest BCUT2D eigenvalue weighted by molar-refractivity contribution is -0.274. The summed E-state index contributed by atoms with van der Waals surface area (Å²) in [4.78, 5) is 12.3. The smallest absolute Gasteiger partial charge is 0.494 e. The van der Waals surface area contributed by atoms with Crippen molar-refractivity contribution >= 4 is 17.7 Å². The van der Waals surface area contributed by atoms with Crippen molar-refractivity contribution in [1.29, 1.82) is 5.26 Å². The Bertz CT molecular complexity index is 869. The molecule has 0 aromatic heterocycles. The van der Waals surface area contributed by atoms with Crippen molar-refractivity contribution in [2.75, 3.05) is 11.9 Å². The third-order valence-corrected chi connectivity index (χ3v) is 3.23. The average Bonchev–Trinajstić information content (AvgIpc) is 2.61. The number of nitrogens with one attached hydrogen (secondary N) is 1. The van der Waals surface area contributed by atoms with Crippen molar-refractivity contribution < 1.29 is 27.4 Å². The molecule has 2 aromatic rings. The van der Waals surface area contributed by atoms with Crippen molar-refractivity contribution in [1.82, 2.24) is 0 Å². The first kappa shape index (κ1) is 19.8. The maximum Gasteiger partial charge on any atom is 0.573 e. The molecule has 0 aliphatic rings. The molecule has 0 radical (unpaired) electrons. The van der Waals surface area contributed by atoms with Gasteiger partial charge in [0.15, 0.2) is 0 Å². The van der Waals surface area contributed by atoms with E-state index in [0.29, 0.717) is 18.0 Å². The maximum atomic E-state index is 12.5. The second-order valence-corrected chi connectivity index (χ2v) is 5.17. The van der Waals surface area contributed by atoms with Crippen LogP contribution in [0.1, 0.15) is 12.5 Å². The van der Waals surface area contributed by atoms with Gasteiger partial charge in [-0.3, -0.25) is 4.79 Å². The molecule has 0 aliphatic carbocycles. The first-order valence-electron chi connectivity index (χ1n) is 7.83. The van der Waals surface area contributed by atoms with E-state index in [0.717, 1.165) is 12.1 Å². The Hall–Kier alpha value is -3.47. The van der Waals surface area contributed by atoms with Crippen molar-refractivity contribution in [2.45, 2.75) is 13.3 Å². The molecule has 0 saturated carbocycles. The van der Waals surface area contributed by atoms with Crippen molar-refractivity contribution in [3.05, 3.63) is 59.7 Å². The molecule has 0 atom stereocenters. The molecule has 0 saturated heterocycles. The summed E-state index contributed by atoms with van der Waals surface area (Å²) in [5, 5.41) is 11.7. The summed E-state index contributed by atoms with van der Waals surface area (Å²) in [6.07, 6.45) is -3.85. The van der Waals surface area contributed by atoms with Crippen LogP contribution >= 0.6 is 0 Å². The normalized spacial score (nSPS) is 11.4. The first-order valence-corrected chi connectivity index (χ1v) is 7.83. The van der Waals surface area contributed by atoms with E-state index in [2.05, 4.69) is 10.1 Å². The van der Waals surface area contributed by atoms with Crippen LogP contribution in [-0.4, -0.2) is 18.9 Å². The number of ether oxygens (including phenoxy) is 2. The Morgan fingerprint density at radius 3 is 2.44 bits per heavy atom. The second kappa shape index (κ2) is 8.76. The first-order chi connectivity index (χ1) is 12.8. The predicted molar refractivity (Wildman–Crippen MR) is 93.0 cm³/mol. The number of para-hydroxylation sites is 1. The molecule has 0 heterocycles. The Balaban J connectivity index is 2.21. The van der Waals surface area contributed by atoms with Crippen LogP contribution < -0.4 is 14.8 Å². The summed E-state index contributed by atoms with van der Waals surface area (Å²) >= 11 is 0. The highest BCUT2D eigenvalue weighted by Gasteiger charge is 2.31. The topological polar surface area (TPSA) is 71.3 Å². The van der Waals surface area contributed by atoms with Gasteiger partial charge in [0, 0.05) is 11.3 Å². The number of amides is 1. The fourth-order valence-corrected chi connectivity index (χ4v) is 2.12. The number of hydrogen-bond donors (Lipinski definition) is 1. The number of carbonyl (C=O) groups is 1. The molecule has 8 heteroatoms. The highest BCUT2D eigenvalue weighted by Crippen LogP contribution is 2.28. The lowest BCUT2D eigenvalue weighted by Gasteiger charge is -2.11. The van der Waals surface area contributed by atoms with Crippen molar-refractivity contribution in [3.63, 3.8) is 0 Å². The molecule has 5 nitrogen and oxygen atoms in total. The monoisotopic (exact) mass is 376 g/mol. The van der Waals surface area contributed by atoms with Crippen LogP contribution in [0.15, 0.2) is 54.1 Å². The maximum absolute atomic E-state index is 12.5. The highest BCUT2D eigenvalue weighted by molar-refractivity contribution is 6.09. The molecule has 0 aliphatic heterocycles. The van der Waals surface area contributed by atoms with Gasteiger partial charge in [0.05, 0.1) is 6.61 Å². The summed E-state index contributed by atoms with van der Waals surface area (Å²) in [6, 6.07) is 13.3. The number of anilines is 1. The van der Waals surface area contributed by atoms with Crippen molar-refractivity contribution in [3.8, 4) is 17.6 Å². The Morgan fingerprint density at radius 2 is 1.85 bits per heavy atom. The fraction of sp³-hybridized carbons (Fsp3) is 0.158. The molecule has 140 valence electrons. The minimum atomic E-state index is -4.89. The Labute approximate surface area is 153 Å². The summed E-state index contributed by atoms with van der Waals surface area (Å²) in [5.74, 6) is -0.653. The quantitative estimate of drug-likeness (QED) is 0.594. The molecule has 2 aromatic carbocycles. The molecular weight excluding hydrogens is 361 g/mol. The highest BCUT2D eigenvalue weighted by atomic mass is 19.4. The zero-order valence-corrected chi connectivity index (χ0v) is 14.2. The van der Waals surface area contributed by atoms with Crippen LogP contribution in [0.4, 0.5) is 18.9 Å². The number of halogens is 3. The van der Waals surface area contributed by atoms with Gasteiger partial charge in [-0.15, -0.1) is 13.2 Å². The van der Waals surface area contributed by atoms with E-state index in [1.165, 1.54) is 18.2 Å². The van der Waals surface area contributed by atoms with Crippen LogP contribution in [0.2, 0.25) is 0 Å². The van der Waals surface area contributed by atoms with E-state index < -0.39 is 18.0 Å². The van der Waals surface area contributed by atoms with Gasteiger partial charge in [-0.1, -0.05) is 18.2 Å². The minimum Gasteiger partial charge on any atom is -0.494 e. The molecule has 1 N–H and O–H groups in total. The molecule has 0 unspecified atom stereocenters. The number of alkyl halides is 3. The SMILES string of the molecule is CCOc1ccc(NC(=O)/C(C#N)=C/c2ccccc2OC(F)(F)F)cc1. The van der Waals surface area contributed by atoms with Gasteiger partial charge < -0.3 is 14.8 Å². The number of nitrogens with zero attached hydrogens (tertiary/aromatic N) is 1. The predicted octanol–water partition coefficient (Wildman–Crippen LogP) is 4.53. The number of nitriles is 1. The molecular formula is C19H15F3N2O3. The molecule has 0 spiro atoms. The van der Waals surface area contributed by atoms with E-state index in [9.17, 15) is 23.2 Å². The second-order valence-electron chi connectivity index (χ2n) is 5.17. The number of benzene rings is 2. The van der Waals surface area contributed by atoms with Crippen LogP contribution in [0.5, 0.6) is 11.5 Å². The van der Waals surface area contributed by atoms with Gasteiger partial charge in [-0.05, 0) is 43.3 Å². The van der Waals surface area contributed by atoms with E-state index in [1.807, 2.05) is 6.92 Å². The average molecular weight is 376 g/mol. The molecule has 0 bridgehead atoms. The van der Waals surface area contributed by atoms with Gasteiger partial charge in [-0.25, -0.2) is 0 Å². The third-order valence-electron chi connectivity index (χ3n) is 3.23. The zero-order chi connectivity index (χ0) is 19.9. The van der Waals surface area contributed by atoms with Gasteiger partial charge >= 0.3 is 6.36 Å². The Kier molecular flexibility index (Phi) is 6.44. The van der Waals surface area contributed by atoms with Crippen LogP contribution in [0, 0.1) is 11.3 Å². The molecule has 1 amide bonds. The zero-order valence-electron chi connectivity index (χ0n) is 14.2. The van der Waals surface area contributed by atoms with E-state index in [-0.39, 0.29) is 11.1 Å².